The van der Waals surface area contributed by atoms with Crippen molar-refractivity contribution >= 4 is 0 Å². The average molecular weight is 291 g/mol. The van der Waals surface area contributed by atoms with Gasteiger partial charge >= 0.3 is 0 Å². The first-order valence-corrected chi connectivity index (χ1v) is 7.63. The summed E-state index contributed by atoms with van der Waals surface area (Å²) in [5, 5.41) is 0. The van der Waals surface area contributed by atoms with E-state index >= 15 is 0 Å². The van der Waals surface area contributed by atoms with Crippen molar-refractivity contribution in [2.45, 2.75) is 12.6 Å². The van der Waals surface area contributed by atoms with Crippen LogP contribution in [0.2, 0.25) is 0 Å². The van der Waals surface area contributed by atoms with E-state index < -0.39 is 0 Å². The lowest BCUT2D eigenvalue weighted by molar-refractivity contribution is -0.0229. The summed E-state index contributed by atoms with van der Waals surface area (Å²) in [7, 11) is 6.00. The molecule has 2 aliphatic rings. The molecule has 0 aliphatic carbocycles. The van der Waals surface area contributed by atoms with Crippen LogP contribution >= 0.6 is 0 Å². The Morgan fingerprint density at radius 2 is 2.24 bits per heavy atom. The molecule has 116 valence electrons. The van der Waals surface area contributed by atoms with Crippen molar-refractivity contribution in [2.75, 3.05) is 47.5 Å². The second-order valence-corrected chi connectivity index (χ2v) is 6.36. The van der Waals surface area contributed by atoms with Crippen LogP contribution in [0, 0.1) is 11.8 Å². The minimum absolute atomic E-state index is 0.532. The molecular formula is C16H25N3O2. The van der Waals surface area contributed by atoms with Gasteiger partial charge in [-0.3, -0.25) is 4.90 Å². The van der Waals surface area contributed by atoms with Gasteiger partial charge in [0.15, 0.2) is 0 Å². The summed E-state index contributed by atoms with van der Waals surface area (Å²) in [5.41, 5.74) is 1.17. The standard InChI is InChI=1S/C16H25N3O2/c1-18(2)15-11-21-10-13-8-19(9-14(13)15)7-12-5-4-6-17-16(12)20-3/h4-6,13-15H,7-11H2,1-3H3/t13-,14-,15+/m1/s1. The van der Waals surface area contributed by atoms with E-state index in [-0.39, 0.29) is 0 Å². The van der Waals surface area contributed by atoms with E-state index in [2.05, 4.69) is 34.9 Å². The van der Waals surface area contributed by atoms with Crippen LogP contribution in [0.4, 0.5) is 0 Å². The van der Waals surface area contributed by atoms with Crippen LogP contribution in [0.3, 0.4) is 0 Å². The number of ether oxygens (including phenoxy) is 2. The van der Waals surface area contributed by atoms with E-state index in [0.29, 0.717) is 17.9 Å². The molecular weight excluding hydrogens is 266 g/mol. The molecule has 5 nitrogen and oxygen atoms in total. The number of hydrogen-bond donors (Lipinski definition) is 0. The second kappa shape index (κ2) is 6.30. The van der Waals surface area contributed by atoms with Crippen LogP contribution < -0.4 is 4.74 Å². The van der Waals surface area contributed by atoms with Gasteiger partial charge in [0.25, 0.3) is 0 Å². The van der Waals surface area contributed by atoms with Gasteiger partial charge in [-0.15, -0.1) is 0 Å². The lowest BCUT2D eigenvalue weighted by Crippen LogP contribution is -2.47. The highest BCUT2D eigenvalue weighted by Crippen LogP contribution is 2.33. The van der Waals surface area contributed by atoms with Crippen LogP contribution in [-0.2, 0) is 11.3 Å². The molecule has 0 aromatic carbocycles. The summed E-state index contributed by atoms with van der Waals surface area (Å²) >= 11 is 0. The molecule has 3 heterocycles. The normalized spacial score (nSPS) is 29.6. The Bertz CT molecular complexity index is 480. The molecule has 0 amide bonds. The number of methoxy groups -OCH3 is 1. The Morgan fingerprint density at radius 3 is 3.00 bits per heavy atom. The zero-order chi connectivity index (χ0) is 14.8. The molecule has 0 radical (unpaired) electrons. The predicted molar refractivity (Wildman–Crippen MR) is 81.3 cm³/mol. The molecule has 2 fully saturated rings. The van der Waals surface area contributed by atoms with Crippen molar-refractivity contribution in [3.63, 3.8) is 0 Å². The van der Waals surface area contributed by atoms with Gasteiger partial charge < -0.3 is 14.4 Å². The lowest BCUT2D eigenvalue weighted by atomic mass is 9.87. The van der Waals surface area contributed by atoms with E-state index in [4.69, 9.17) is 9.47 Å². The fourth-order valence-electron chi connectivity index (χ4n) is 3.69. The number of likely N-dealkylation sites (N-methyl/N-ethyl adjacent to an activating group) is 1. The van der Waals surface area contributed by atoms with E-state index in [1.165, 1.54) is 5.56 Å². The molecule has 0 spiro atoms. The number of pyridine rings is 1. The average Bonchev–Trinajstić information content (AvgIpc) is 2.89. The van der Waals surface area contributed by atoms with Crippen LogP contribution in [-0.4, -0.2) is 68.3 Å². The number of aromatic nitrogens is 1. The Hall–Kier alpha value is -1.17. The molecule has 21 heavy (non-hydrogen) atoms. The van der Waals surface area contributed by atoms with Gasteiger partial charge in [0.1, 0.15) is 0 Å². The molecule has 2 saturated heterocycles. The molecule has 2 aliphatic heterocycles. The smallest absolute Gasteiger partial charge is 0.217 e. The first-order valence-electron chi connectivity index (χ1n) is 7.63. The summed E-state index contributed by atoms with van der Waals surface area (Å²) in [6, 6.07) is 4.62. The SMILES string of the molecule is COc1ncccc1CN1C[C@@H]2COC[C@H](N(C)C)[C@@H]2C1. The van der Waals surface area contributed by atoms with Crippen molar-refractivity contribution in [1.29, 1.82) is 0 Å². The van der Waals surface area contributed by atoms with Gasteiger partial charge in [0, 0.05) is 43.4 Å². The van der Waals surface area contributed by atoms with Crippen LogP contribution in [0.1, 0.15) is 5.56 Å². The van der Waals surface area contributed by atoms with Gasteiger partial charge in [-0.25, -0.2) is 4.98 Å². The van der Waals surface area contributed by atoms with E-state index in [9.17, 15) is 0 Å². The molecule has 0 unspecified atom stereocenters. The summed E-state index contributed by atoms with van der Waals surface area (Å²) in [4.78, 5) is 9.12. The second-order valence-electron chi connectivity index (χ2n) is 6.36. The van der Waals surface area contributed by atoms with Gasteiger partial charge in [-0.05, 0) is 26.1 Å². The summed E-state index contributed by atoms with van der Waals surface area (Å²) in [6.07, 6.45) is 1.78. The largest absolute Gasteiger partial charge is 0.481 e. The monoisotopic (exact) mass is 291 g/mol. The maximum Gasteiger partial charge on any atom is 0.217 e. The van der Waals surface area contributed by atoms with Crippen molar-refractivity contribution in [3.05, 3.63) is 23.9 Å². The maximum atomic E-state index is 5.80. The minimum Gasteiger partial charge on any atom is -0.481 e. The number of nitrogens with zero attached hydrogens (tertiary/aromatic N) is 3. The lowest BCUT2D eigenvalue weighted by Gasteiger charge is -2.37. The number of rotatable bonds is 4. The molecule has 0 N–H and O–H groups in total. The maximum absolute atomic E-state index is 5.80. The zero-order valence-corrected chi connectivity index (χ0v) is 13.2. The highest BCUT2D eigenvalue weighted by molar-refractivity contribution is 5.25. The van der Waals surface area contributed by atoms with Crippen molar-refractivity contribution < 1.29 is 9.47 Å². The molecule has 3 rings (SSSR count). The predicted octanol–water partition coefficient (Wildman–Crippen LogP) is 1.10. The van der Waals surface area contributed by atoms with Crippen molar-refractivity contribution in [1.82, 2.24) is 14.8 Å². The number of fused-ring (bicyclic) bond motifs is 1. The van der Waals surface area contributed by atoms with Gasteiger partial charge in [0.05, 0.1) is 20.3 Å². The fraction of sp³-hybridized carbons (Fsp3) is 0.688. The van der Waals surface area contributed by atoms with Crippen LogP contribution in [0.5, 0.6) is 5.88 Å². The Morgan fingerprint density at radius 1 is 1.38 bits per heavy atom. The number of hydrogen-bond acceptors (Lipinski definition) is 5. The quantitative estimate of drug-likeness (QED) is 0.830. The van der Waals surface area contributed by atoms with E-state index in [0.717, 1.165) is 38.7 Å². The van der Waals surface area contributed by atoms with Gasteiger partial charge in [-0.1, -0.05) is 6.07 Å². The van der Waals surface area contributed by atoms with Crippen molar-refractivity contribution in [2.24, 2.45) is 11.8 Å². The van der Waals surface area contributed by atoms with Crippen LogP contribution in [0.15, 0.2) is 18.3 Å². The molecule has 1 aromatic heterocycles. The topological polar surface area (TPSA) is 37.8 Å². The zero-order valence-electron chi connectivity index (χ0n) is 13.2. The Balaban J connectivity index is 1.69. The summed E-state index contributed by atoms with van der Waals surface area (Å²) in [6.45, 7) is 4.90. The highest BCUT2D eigenvalue weighted by Gasteiger charge is 2.41. The molecule has 1 aromatic rings. The molecule has 0 bridgehead atoms. The van der Waals surface area contributed by atoms with E-state index in [1.54, 1.807) is 13.3 Å². The Labute approximate surface area is 126 Å². The third kappa shape index (κ3) is 3.05. The van der Waals surface area contributed by atoms with E-state index in [1.807, 2.05) is 6.07 Å². The minimum atomic E-state index is 0.532. The molecule has 5 heteroatoms. The van der Waals surface area contributed by atoms with Gasteiger partial charge in [0.2, 0.25) is 5.88 Å². The van der Waals surface area contributed by atoms with Crippen molar-refractivity contribution in [3.8, 4) is 5.88 Å². The molecule has 0 saturated carbocycles. The Kier molecular flexibility index (Phi) is 4.42. The fourth-order valence-corrected chi connectivity index (χ4v) is 3.69. The highest BCUT2D eigenvalue weighted by atomic mass is 16.5. The third-order valence-corrected chi connectivity index (χ3v) is 4.78. The first-order chi connectivity index (χ1) is 10.2. The first kappa shape index (κ1) is 14.8. The van der Waals surface area contributed by atoms with Gasteiger partial charge in [-0.2, -0.15) is 0 Å². The summed E-state index contributed by atoms with van der Waals surface area (Å²) < 4.78 is 11.2. The number of likely N-dealkylation sites (tertiary alicyclic amines) is 1. The van der Waals surface area contributed by atoms with Crippen LogP contribution in [0.25, 0.3) is 0 Å². The molecule has 3 atom stereocenters. The third-order valence-electron chi connectivity index (χ3n) is 4.78. The summed E-state index contributed by atoms with van der Waals surface area (Å²) in [5.74, 6) is 2.10.